The molecule has 0 aromatic carbocycles. The highest BCUT2D eigenvalue weighted by Crippen LogP contribution is 2.05. The van der Waals surface area contributed by atoms with Gasteiger partial charge in [0, 0.05) is 19.8 Å². The van der Waals surface area contributed by atoms with Gasteiger partial charge in [-0.3, -0.25) is 10.1 Å². The summed E-state index contributed by atoms with van der Waals surface area (Å²) in [6, 6.07) is 0.729. The molecule has 0 bridgehead atoms. The first kappa shape index (κ1) is 12.0. The zero-order valence-corrected chi connectivity index (χ0v) is 8.29. The van der Waals surface area contributed by atoms with Gasteiger partial charge >= 0.3 is 6.03 Å². The predicted octanol–water partition coefficient (Wildman–Crippen LogP) is -0.460. The fourth-order valence-corrected chi connectivity index (χ4v) is 0.694. The van der Waals surface area contributed by atoms with Gasteiger partial charge in [0.15, 0.2) is 0 Å². The number of hydrogen-bond acceptors (Lipinski definition) is 4. The molecule has 6 nitrogen and oxygen atoms in total. The standard InChI is InChI=1S/C8H12N4O2/c1-5(12(2)3)6(4-9)7(13)11-8(10)14/h1-3H3,(H3,10,11,13,14)/b6-5-. The molecule has 3 N–H and O–H groups in total. The Labute approximate surface area is 82.0 Å². The topological polar surface area (TPSA) is 99.2 Å². The molecule has 3 amide bonds. The van der Waals surface area contributed by atoms with Gasteiger partial charge in [0.25, 0.3) is 5.91 Å². The number of urea groups is 1. The maximum absolute atomic E-state index is 11.2. The highest BCUT2D eigenvalue weighted by Gasteiger charge is 2.14. The molecule has 76 valence electrons. The van der Waals surface area contributed by atoms with E-state index in [0.717, 1.165) is 0 Å². The fourth-order valence-electron chi connectivity index (χ4n) is 0.694. The molecule has 0 aromatic heterocycles. The SMILES string of the molecule is C/C(=C(\C#N)C(=O)NC(N)=O)N(C)C. The summed E-state index contributed by atoms with van der Waals surface area (Å²) in [7, 11) is 3.37. The van der Waals surface area contributed by atoms with Gasteiger partial charge in [0.2, 0.25) is 0 Å². The number of carbonyl (C=O) groups excluding carboxylic acids is 2. The Morgan fingerprint density at radius 1 is 1.43 bits per heavy atom. The summed E-state index contributed by atoms with van der Waals surface area (Å²) >= 11 is 0. The summed E-state index contributed by atoms with van der Waals surface area (Å²) in [6.07, 6.45) is 0. The van der Waals surface area contributed by atoms with Crippen molar-refractivity contribution in [3.8, 4) is 6.07 Å². The van der Waals surface area contributed by atoms with E-state index in [9.17, 15) is 9.59 Å². The predicted molar refractivity (Wildman–Crippen MR) is 49.7 cm³/mol. The van der Waals surface area contributed by atoms with Crippen molar-refractivity contribution in [1.82, 2.24) is 10.2 Å². The summed E-state index contributed by atoms with van der Waals surface area (Å²) in [6.45, 7) is 1.60. The Bertz CT molecular complexity index is 325. The number of carbonyl (C=O) groups is 2. The number of nitrogens with zero attached hydrogens (tertiary/aromatic N) is 2. The minimum absolute atomic E-state index is 0.131. The number of nitrogens with two attached hydrogens (primary N) is 1. The highest BCUT2D eigenvalue weighted by molar-refractivity contribution is 6.06. The monoisotopic (exact) mass is 196 g/mol. The molecule has 0 fully saturated rings. The first-order valence-electron chi connectivity index (χ1n) is 3.79. The second-order valence-corrected chi connectivity index (χ2v) is 2.79. The molecule has 0 aliphatic rings. The second-order valence-electron chi connectivity index (χ2n) is 2.79. The molecule has 0 atom stereocenters. The van der Waals surface area contributed by atoms with Crippen molar-refractivity contribution in [3.63, 3.8) is 0 Å². The van der Waals surface area contributed by atoms with Crippen LogP contribution in [0.1, 0.15) is 6.92 Å². The summed E-state index contributed by atoms with van der Waals surface area (Å²) in [5.74, 6) is -0.786. The van der Waals surface area contributed by atoms with Gasteiger partial charge in [0.05, 0.1) is 0 Å². The van der Waals surface area contributed by atoms with E-state index < -0.39 is 11.9 Å². The zero-order chi connectivity index (χ0) is 11.3. The molecule has 0 radical (unpaired) electrons. The molecule has 14 heavy (non-hydrogen) atoms. The molecule has 0 spiro atoms. The number of primary amides is 1. The van der Waals surface area contributed by atoms with Gasteiger partial charge in [0.1, 0.15) is 11.6 Å². The van der Waals surface area contributed by atoms with Crippen LogP contribution in [0.3, 0.4) is 0 Å². The molecular weight excluding hydrogens is 184 g/mol. The van der Waals surface area contributed by atoms with E-state index in [1.807, 2.05) is 5.32 Å². The van der Waals surface area contributed by atoms with E-state index in [2.05, 4.69) is 0 Å². The third-order valence-corrected chi connectivity index (χ3v) is 1.61. The van der Waals surface area contributed by atoms with E-state index in [1.165, 1.54) is 0 Å². The lowest BCUT2D eigenvalue weighted by atomic mass is 10.2. The van der Waals surface area contributed by atoms with Crippen LogP contribution in [0.4, 0.5) is 4.79 Å². The number of imide groups is 1. The molecule has 0 unspecified atom stereocenters. The van der Waals surface area contributed by atoms with Crippen LogP contribution in [0.5, 0.6) is 0 Å². The molecule has 6 heteroatoms. The molecule has 0 rings (SSSR count). The Morgan fingerprint density at radius 2 is 1.93 bits per heavy atom. The number of rotatable bonds is 2. The largest absolute Gasteiger partial charge is 0.380 e. The minimum Gasteiger partial charge on any atom is -0.380 e. The van der Waals surface area contributed by atoms with E-state index >= 15 is 0 Å². The normalized spacial score (nSPS) is 11.0. The van der Waals surface area contributed by atoms with Crippen molar-refractivity contribution in [2.75, 3.05) is 14.1 Å². The Morgan fingerprint density at radius 3 is 2.21 bits per heavy atom. The van der Waals surface area contributed by atoms with Gasteiger partial charge in [-0.25, -0.2) is 4.79 Å². The molecule has 0 saturated carbocycles. The highest BCUT2D eigenvalue weighted by atomic mass is 16.2. The minimum atomic E-state index is -0.977. The van der Waals surface area contributed by atoms with Crippen LogP contribution >= 0.6 is 0 Å². The first-order valence-corrected chi connectivity index (χ1v) is 3.79. The van der Waals surface area contributed by atoms with Crippen molar-refractivity contribution >= 4 is 11.9 Å². The van der Waals surface area contributed by atoms with Crippen molar-refractivity contribution in [2.45, 2.75) is 6.92 Å². The lowest BCUT2D eigenvalue weighted by molar-refractivity contribution is -0.116. The molecule has 0 saturated heterocycles. The van der Waals surface area contributed by atoms with E-state index in [4.69, 9.17) is 11.0 Å². The van der Waals surface area contributed by atoms with Gasteiger partial charge in [-0.2, -0.15) is 5.26 Å². The third-order valence-electron chi connectivity index (χ3n) is 1.61. The quantitative estimate of drug-likeness (QED) is 0.461. The van der Waals surface area contributed by atoms with Gasteiger partial charge < -0.3 is 10.6 Å². The fraction of sp³-hybridized carbons (Fsp3) is 0.375. The van der Waals surface area contributed by atoms with Crippen LogP contribution in [0.25, 0.3) is 0 Å². The number of nitrogens with one attached hydrogen (secondary N) is 1. The van der Waals surface area contributed by atoms with Crippen molar-refractivity contribution < 1.29 is 9.59 Å². The molecule has 0 aliphatic heterocycles. The number of allylic oxidation sites excluding steroid dienone is 1. The first-order chi connectivity index (χ1) is 6.40. The lowest BCUT2D eigenvalue weighted by Gasteiger charge is -2.13. The summed E-state index contributed by atoms with van der Waals surface area (Å²) < 4.78 is 0. The van der Waals surface area contributed by atoms with Crippen LogP contribution in [0.2, 0.25) is 0 Å². The maximum Gasteiger partial charge on any atom is 0.319 e. The molecular formula is C8H12N4O2. The van der Waals surface area contributed by atoms with Crippen LogP contribution in [-0.2, 0) is 4.79 Å². The smallest absolute Gasteiger partial charge is 0.319 e. The van der Waals surface area contributed by atoms with Gasteiger partial charge in [-0.15, -0.1) is 0 Å². The van der Waals surface area contributed by atoms with Gasteiger partial charge in [-0.1, -0.05) is 0 Å². The molecule has 0 aromatic rings. The van der Waals surface area contributed by atoms with Crippen LogP contribution in [-0.4, -0.2) is 30.9 Å². The Balaban J connectivity index is 4.93. The Hall–Kier alpha value is -2.03. The van der Waals surface area contributed by atoms with E-state index in [-0.39, 0.29) is 5.57 Å². The number of amides is 3. The molecule has 0 heterocycles. The average molecular weight is 196 g/mol. The van der Waals surface area contributed by atoms with E-state index in [0.29, 0.717) is 5.70 Å². The van der Waals surface area contributed by atoms with Crippen LogP contribution in [0, 0.1) is 11.3 Å². The Kier molecular flexibility index (Phi) is 4.16. The third kappa shape index (κ3) is 3.15. The second kappa shape index (κ2) is 4.87. The van der Waals surface area contributed by atoms with Crippen LogP contribution < -0.4 is 11.1 Å². The lowest BCUT2D eigenvalue weighted by Crippen LogP contribution is -2.36. The summed E-state index contributed by atoms with van der Waals surface area (Å²) in [5, 5.41) is 10.5. The van der Waals surface area contributed by atoms with Crippen molar-refractivity contribution in [1.29, 1.82) is 5.26 Å². The van der Waals surface area contributed by atoms with Crippen LogP contribution in [0.15, 0.2) is 11.3 Å². The molecule has 0 aliphatic carbocycles. The number of nitriles is 1. The van der Waals surface area contributed by atoms with E-state index in [1.54, 1.807) is 32.0 Å². The van der Waals surface area contributed by atoms with Crippen molar-refractivity contribution in [3.05, 3.63) is 11.3 Å². The number of hydrogen-bond donors (Lipinski definition) is 2. The van der Waals surface area contributed by atoms with Crippen molar-refractivity contribution in [2.24, 2.45) is 5.73 Å². The zero-order valence-electron chi connectivity index (χ0n) is 8.29. The maximum atomic E-state index is 11.2. The summed E-state index contributed by atoms with van der Waals surface area (Å²) in [5.41, 5.74) is 5.08. The summed E-state index contributed by atoms with van der Waals surface area (Å²) in [4.78, 5) is 23.2. The van der Waals surface area contributed by atoms with Gasteiger partial charge in [-0.05, 0) is 6.92 Å². The average Bonchev–Trinajstić information content (AvgIpc) is 2.03.